The first-order chi connectivity index (χ1) is 9.38. The van der Waals surface area contributed by atoms with Crippen LogP contribution in [0.1, 0.15) is 11.3 Å². The van der Waals surface area contributed by atoms with Gasteiger partial charge in [0.1, 0.15) is 11.5 Å². The summed E-state index contributed by atoms with van der Waals surface area (Å²) in [4.78, 5) is 3.25. The highest BCUT2D eigenvalue weighted by molar-refractivity contribution is 5.76. The number of nitrogen functional groups attached to an aromatic ring is 2. The molecule has 0 unspecified atom stereocenters. The molecule has 0 spiro atoms. The van der Waals surface area contributed by atoms with E-state index in [0.29, 0.717) is 6.54 Å². The Labute approximate surface area is 113 Å². The molecule has 106 valence electrons. The predicted octanol–water partition coefficient (Wildman–Crippen LogP) is 2.88. The summed E-state index contributed by atoms with van der Waals surface area (Å²) in [5.41, 5.74) is 11.0. The molecular formula is C13H13F3N4. The van der Waals surface area contributed by atoms with Crippen molar-refractivity contribution in [1.29, 1.82) is 0 Å². The number of nitrogens with two attached hydrogens (primary N) is 2. The molecule has 20 heavy (non-hydrogen) atoms. The van der Waals surface area contributed by atoms with Crippen LogP contribution in [0.15, 0.2) is 36.4 Å². The number of benzene rings is 1. The molecule has 0 aliphatic heterocycles. The average Bonchev–Trinajstić information content (AvgIpc) is 2.40. The highest BCUT2D eigenvalue weighted by Gasteiger charge is 2.33. The Morgan fingerprint density at radius 2 is 1.75 bits per heavy atom. The van der Waals surface area contributed by atoms with Gasteiger partial charge in [0.05, 0.1) is 11.4 Å². The Morgan fingerprint density at radius 1 is 1.10 bits per heavy atom. The minimum atomic E-state index is -4.56. The van der Waals surface area contributed by atoms with Crippen molar-refractivity contribution in [3.8, 4) is 0 Å². The van der Waals surface area contributed by atoms with Crippen molar-refractivity contribution in [2.75, 3.05) is 16.8 Å². The van der Waals surface area contributed by atoms with E-state index in [9.17, 15) is 13.2 Å². The molecular weight excluding hydrogens is 269 g/mol. The third-order valence-electron chi connectivity index (χ3n) is 2.70. The van der Waals surface area contributed by atoms with Gasteiger partial charge in [-0.05, 0) is 11.6 Å². The second-order valence-electron chi connectivity index (χ2n) is 4.19. The quantitative estimate of drug-likeness (QED) is 0.809. The first-order valence-electron chi connectivity index (χ1n) is 5.79. The van der Waals surface area contributed by atoms with Crippen LogP contribution in [0.5, 0.6) is 0 Å². The number of hydrogen-bond acceptors (Lipinski definition) is 4. The van der Waals surface area contributed by atoms with Crippen molar-refractivity contribution in [2.24, 2.45) is 0 Å². The summed E-state index contributed by atoms with van der Waals surface area (Å²) in [7, 11) is 0. The minimum Gasteiger partial charge on any atom is -0.394 e. The van der Waals surface area contributed by atoms with Crippen LogP contribution in [0.3, 0.4) is 0 Å². The number of pyridine rings is 1. The van der Waals surface area contributed by atoms with Crippen LogP contribution >= 0.6 is 0 Å². The van der Waals surface area contributed by atoms with Gasteiger partial charge in [0.2, 0.25) is 0 Å². The van der Waals surface area contributed by atoms with Crippen LogP contribution in [0.25, 0.3) is 0 Å². The van der Waals surface area contributed by atoms with Gasteiger partial charge in [0, 0.05) is 6.54 Å². The SMILES string of the molecule is Nc1nc(C(F)(F)F)cc(NCc2ccccc2)c1N. The van der Waals surface area contributed by atoms with Gasteiger partial charge in [-0.15, -0.1) is 0 Å². The van der Waals surface area contributed by atoms with E-state index in [1.54, 1.807) is 0 Å². The minimum absolute atomic E-state index is 0.00827. The fraction of sp³-hybridized carbons (Fsp3) is 0.154. The molecule has 4 nitrogen and oxygen atoms in total. The molecule has 5 N–H and O–H groups in total. The summed E-state index contributed by atoms with van der Waals surface area (Å²) in [6.45, 7) is 0.339. The summed E-state index contributed by atoms with van der Waals surface area (Å²) in [6.07, 6.45) is -4.56. The zero-order chi connectivity index (χ0) is 14.8. The number of halogens is 3. The maximum absolute atomic E-state index is 12.7. The van der Waals surface area contributed by atoms with Gasteiger partial charge in [-0.25, -0.2) is 4.98 Å². The van der Waals surface area contributed by atoms with Crippen molar-refractivity contribution in [3.63, 3.8) is 0 Å². The molecule has 0 fully saturated rings. The Hall–Kier alpha value is -2.44. The van der Waals surface area contributed by atoms with Crippen molar-refractivity contribution in [3.05, 3.63) is 47.7 Å². The topological polar surface area (TPSA) is 77.0 Å². The Bertz CT molecular complexity index is 597. The second kappa shape index (κ2) is 5.28. The smallest absolute Gasteiger partial charge is 0.394 e. The van der Waals surface area contributed by atoms with Gasteiger partial charge in [0.25, 0.3) is 0 Å². The number of rotatable bonds is 3. The Kier molecular flexibility index (Phi) is 3.69. The number of alkyl halides is 3. The van der Waals surface area contributed by atoms with Crippen LogP contribution in [-0.2, 0) is 12.7 Å². The molecule has 2 aromatic rings. The highest BCUT2D eigenvalue weighted by atomic mass is 19.4. The Morgan fingerprint density at radius 3 is 2.35 bits per heavy atom. The summed E-state index contributed by atoms with van der Waals surface area (Å²) in [5.74, 6) is -0.338. The highest BCUT2D eigenvalue weighted by Crippen LogP contribution is 2.34. The average molecular weight is 282 g/mol. The Balaban J connectivity index is 2.25. The first kappa shape index (κ1) is 14.0. The standard InChI is InChI=1S/C13H13F3N4/c14-13(15,16)10-6-9(11(17)12(18)20-10)19-7-8-4-2-1-3-5-8/h1-6H,7,17H2,(H3,18,19,20). The van der Waals surface area contributed by atoms with E-state index >= 15 is 0 Å². The fourth-order valence-electron chi connectivity index (χ4n) is 1.66. The van der Waals surface area contributed by atoms with Crippen LogP contribution in [0.4, 0.5) is 30.4 Å². The van der Waals surface area contributed by atoms with Gasteiger partial charge < -0.3 is 16.8 Å². The van der Waals surface area contributed by atoms with Gasteiger partial charge in [-0.3, -0.25) is 0 Å². The van der Waals surface area contributed by atoms with Crippen LogP contribution in [0.2, 0.25) is 0 Å². The van der Waals surface area contributed by atoms with Crippen LogP contribution in [-0.4, -0.2) is 4.98 Å². The largest absolute Gasteiger partial charge is 0.433 e. The van der Waals surface area contributed by atoms with E-state index in [4.69, 9.17) is 11.5 Å². The lowest BCUT2D eigenvalue weighted by atomic mass is 10.2. The van der Waals surface area contributed by atoms with Crippen molar-refractivity contribution in [1.82, 2.24) is 4.98 Å². The third kappa shape index (κ3) is 3.11. The lowest BCUT2D eigenvalue weighted by Crippen LogP contribution is -2.13. The number of anilines is 3. The maximum atomic E-state index is 12.7. The number of hydrogen-bond donors (Lipinski definition) is 3. The zero-order valence-electron chi connectivity index (χ0n) is 10.4. The molecule has 0 bridgehead atoms. The summed E-state index contributed by atoms with van der Waals surface area (Å²) in [6, 6.07) is 10.1. The molecule has 0 aliphatic carbocycles. The summed E-state index contributed by atoms with van der Waals surface area (Å²) in [5, 5.41) is 2.84. The van der Waals surface area contributed by atoms with Gasteiger partial charge in [-0.1, -0.05) is 30.3 Å². The maximum Gasteiger partial charge on any atom is 0.433 e. The molecule has 0 saturated heterocycles. The predicted molar refractivity (Wildman–Crippen MR) is 71.8 cm³/mol. The number of aromatic nitrogens is 1. The molecule has 7 heteroatoms. The van der Waals surface area contributed by atoms with E-state index < -0.39 is 11.9 Å². The molecule has 1 aromatic carbocycles. The molecule has 1 heterocycles. The lowest BCUT2D eigenvalue weighted by Gasteiger charge is -2.14. The molecule has 1 aromatic heterocycles. The summed E-state index contributed by atoms with van der Waals surface area (Å²) >= 11 is 0. The van der Waals surface area contributed by atoms with Gasteiger partial charge >= 0.3 is 6.18 Å². The van der Waals surface area contributed by atoms with Crippen molar-refractivity contribution in [2.45, 2.75) is 12.7 Å². The first-order valence-corrected chi connectivity index (χ1v) is 5.79. The summed E-state index contributed by atoms with van der Waals surface area (Å²) < 4.78 is 38.0. The molecule has 2 rings (SSSR count). The van der Waals surface area contributed by atoms with Crippen molar-refractivity contribution < 1.29 is 13.2 Å². The molecule has 0 amide bonds. The third-order valence-corrected chi connectivity index (χ3v) is 2.70. The molecule has 0 radical (unpaired) electrons. The monoisotopic (exact) mass is 282 g/mol. The molecule has 0 aliphatic rings. The zero-order valence-corrected chi connectivity index (χ0v) is 10.4. The molecule has 0 saturated carbocycles. The van der Waals surface area contributed by atoms with E-state index in [2.05, 4.69) is 10.3 Å². The van der Waals surface area contributed by atoms with E-state index in [-0.39, 0.29) is 17.2 Å². The van der Waals surface area contributed by atoms with E-state index in [1.165, 1.54) is 0 Å². The van der Waals surface area contributed by atoms with Crippen LogP contribution in [0, 0.1) is 0 Å². The normalized spacial score (nSPS) is 11.3. The van der Waals surface area contributed by atoms with E-state index in [1.807, 2.05) is 30.3 Å². The number of nitrogens with one attached hydrogen (secondary N) is 1. The van der Waals surface area contributed by atoms with Gasteiger partial charge in [-0.2, -0.15) is 13.2 Å². The fourth-order valence-corrected chi connectivity index (χ4v) is 1.66. The number of nitrogens with zero attached hydrogens (tertiary/aromatic N) is 1. The van der Waals surface area contributed by atoms with Crippen LogP contribution < -0.4 is 16.8 Å². The van der Waals surface area contributed by atoms with Gasteiger partial charge in [0.15, 0.2) is 0 Å². The molecule has 0 atom stereocenters. The second-order valence-corrected chi connectivity index (χ2v) is 4.19. The van der Waals surface area contributed by atoms with E-state index in [0.717, 1.165) is 11.6 Å². The van der Waals surface area contributed by atoms with Crippen molar-refractivity contribution >= 4 is 17.2 Å². The lowest BCUT2D eigenvalue weighted by molar-refractivity contribution is -0.141.